The van der Waals surface area contributed by atoms with Crippen molar-refractivity contribution in [1.82, 2.24) is 4.90 Å². The Bertz CT molecular complexity index is 106. The first-order valence-electron chi connectivity index (χ1n) is 5.29. The molecule has 0 spiro atoms. The zero-order valence-corrected chi connectivity index (χ0v) is 10.6. The summed E-state index contributed by atoms with van der Waals surface area (Å²) in [5.74, 6) is 6.00. The first-order valence-corrected chi connectivity index (χ1v) is 5.29. The molecule has 0 heterocycles. The van der Waals surface area contributed by atoms with E-state index in [-0.39, 0.29) is 0 Å². The van der Waals surface area contributed by atoms with E-state index in [9.17, 15) is 0 Å². The minimum absolute atomic E-state index is 0.883. The van der Waals surface area contributed by atoms with Crippen LogP contribution in [0.4, 0.5) is 0 Å². The van der Waals surface area contributed by atoms with Crippen molar-refractivity contribution in [1.29, 1.82) is 0 Å². The molecule has 0 fully saturated rings. The Balaban J connectivity index is -0.000000169. The molecule has 0 aromatic rings. The fourth-order valence-electron chi connectivity index (χ4n) is 0.339. The maximum atomic E-state index is 3.01. The lowest BCUT2D eigenvalue weighted by molar-refractivity contribution is 0.463. The molecule has 80 valence electrons. The highest BCUT2D eigenvalue weighted by Crippen LogP contribution is 1.71. The van der Waals surface area contributed by atoms with Gasteiger partial charge in [0.1, 0.15) is 0 Å². The first-order chi connectivity index (χ1) is 6.18. The Morgan fingerprint density at radius 1 is 0.923 bits per heavy atom. The van der Waals surface area contributed by atoms with E-state index in [0.717, 1.165) is 13.0 Å². The highest BCUT2D eigenvalue weighted by Gasteiger charge is 1.77. The third-order valence-corrected chi connectivity index (χ3v) is 0.697. The largest absolute Gasteiger partial charge is 0.299 e. The topological polar surface area (TPSA) is 3.24 Å². The van der Waals surface area contributed by atoms with Gasteiger partial charge in [0.15, 0.2) is 0 Å². The zero-order valence-electron chi connectivity index (χ0n) is 10.6. The number of hydrogen-bond donors (Lipinski definition) is 0. The van der Waals surface area contributed by atoms with E-state index in [1.807, 2.05) is 27.9 Å². The van der Waals surface area contributed by atoms with Crippen molar-refractivity contribution >= 4 is 0 Å². The maximum Gasteiger partial charge on any atom is 0.0596 e. The van der Waals surface area contributed by atoms with Crippen LogP contribution in [0.2, 0.25) is 0 Å². The first kappa shape index (κ1) is 18.3. The van der Waals surface area contributed by atoms with Gasteiger partial charge < -0.3 is 0 Å². The van der Waals surface area contributed by atoms with Crippen LogP contribution < -0.4 is 0 Å². The van der Waals surface area contributed by atoms with Crippen LogP contribution in [-0.2, 0) is 0 Å². The SMILES string of the molecule is CC.CCC.CCC#CCN(C)C. The van der Waals surface area contributed by atoms with E-state index >= 15 is 0 Å². The van der Waals surface area contributed by atoms with Crippen LogP contribution in [0.1, 0.15) is 47.5 Å². The third-order valence-electron chi connectivity index (χ3n) is 0.697. The van der Waals surface area contributed by atoms with E-state index in [2.05, 4.69) is 37.5 Å². The van der Waals surface area contributed by atoms with Crippen molar-refractivity contribution < 1.29 is 0 Å². The quantitative estimate of drug-likeness (QED) is 0.566. The summed E-state index contributed by atoms with van der Waals surface area (Å²) >= 11 is 0. The molecule has 0 radical (unpaired) electrons. The second kappa shape index (κ2) is 22.5. The van der Waals surface area contributed by atoms with Gasteiger partial charge in [-0.3, -0.25) is 4.90 Å². The molecule has 0 saturated heterocycles. The van der Waals surface area contributed by atoms with Gasteiger partial charge >= 0.3 is 0 Å². The molecule has 0 aromatic carbocycles. The lowest BCUT2D eigenvalue weighted by Gasteiger charge is -2.00. The molecule has 0 unspecified atom stereocenters. The summed E-state index contributed by atoms with van der Waals surface area (Å²) in [5, 5.41) is 0. The van der Waals surface area contributed by atoms with Gasteiger partial charge in [0, 0.05) is 6.42 Å². The van der Waals surface area contributed by atoms with Gasteiger partial charge in [-0.2, -0.15) is 0 Å². The molecule has 1 heteroatoms. The predicted octanol–water partition coefficient (Wildman–Crippen LogP) is 3.40. The maximum absolute atomic E-state index is 3.01. The van der Waals surface area contributed by atoms with E-state index in [1.54, 1.807) is 0 Å². The fraction of sp³-hybridized carbons (Fsp3) is 0.833. The summed E-state index contributed by atoms with van der Waals surface area (Å²) < 4.78 is 0. The standard InChI is InChI=1S/C7H13N.C3H8.C2H6/c1-4-5-6-7-8(2)3;1-3-2;1-2/h4,7H2,1-3H3;3H2,1-2H3;1-2H3. The Morgan fingerprint density at radius 2 is 1.31 bits per heavy atom. The monoisotopic (exact) mass is 185 g/mol. The molecule has 1 nitrogen and oxygen atoms in total. The minimum Gasteiger partial charge on any atom is -0.299 e. The van der Waals surface area contributed by atoms with Crippen LogP contribution >= 0.6 is 0 Å². The molecule has 0 saturated carbocycles. The van der Waals surface area contributed by atoms with Gasteiger partial charge in [0.25, 0.3) is 0 Å². The summed E-state index contributed by atoms with van der Waals surface area (Å²) in [5.41, 5.74) is 0. The van der Waals surface area contributed by atoms with Gasteiger partial charge in [0.05, 0.1) is 6.54 Å². The number of nitrogens with zero attached hydrogens (tertiary/aromatic N) is 1. The molecule has 0 aliphatic rings. The van der Waals surface area contributed by atoms with Gasteiger partial charge in [-0.05, 0) is 14.1 Å². The summed E-state index contributed by atoms with van der Waals surface area (Å²) in [7, 11) is 4.04. The minimum atomic E-state index is 0.883. The summed E-state index contributed by atoms with van der Waals surface area (Å²) in [6.45, 7) is 11.2. The summed E-state index contributed by atoms with van der Waals surface area (Å²) in [4.78, 5) is 2.06. The Kier molecular flexibility index (Phi) is 31.8. The van der Waals surface area contributed by atoms with Crippen molar-refractivity contribution in [3.05, 3.63) is 0 Å². The number of hydrogen-bond acceptors (Lipinski definition) is 1. The lowest BCUT2D eigenvalue weighted by Crippen LogP contribution is -2.10. The average molecular weight is 185 g/mol. The smallest absolute Gasteiger partial charge is 0.0596 e. The highest BCUT2D eigenvalue weighted by molar-refractivity contribution is 4.99. The van der Waals surface area contributed by atoms with Crippen molar-refractivity contribution in [2.75, 3.05) is 20.6 Å². The molecule has 13 heavy (non-hydrogen) atoms. The predicted molar refractivity (Wildman–Crippen MR) is 63.9 cm³/mol. The van der Waals surface area contributed by atoms with Crippen molar-refractivity contribution in [3.8, 4) is 11.8 Å². The van der Waals surface area contributed by atoms with Gasteiger partial charge in [-0.1, -0.05) is 47.0 Å². The molecule has 0 atom stereocenters. The van der Waals surface area contributed by atoms with Crippen LogP contribution in [0, 0.1) is 11.8 Å². The molecule has 0 rings (SSSR count). The Hall–Kier alpha value is -0.480. The van der Waals surface area contributed by atoms with Crippen molar-refractivity contribution in [2.45, 2.75) is 47.5 Å². The van der Waals surface area contributed by atoms with Gasteiger partial charge in [0.2, 0.25) is 0 Å². The van der Waals surface area contributed by atoms with Crippen molar-refractivity contribution in [3.63, 3.8) is 0 Å². The molecule has 0 aliphatic heterocycles. The molecular weight excluding hydrogens is 158 g/mol. The number of rotatable bonds is 1. The third kappa shape index (κ3) is 51.1. The molecule has 0 bridgehead atoms. The average Bonchev–Trinajstić information content (AvgIpc) is 2.09. The van der Waals surface area contributed by atoms with Crippen LogP contribution in [0.25, 0.3) is 0 Å². The van der Waals surface area contributed by atoms with Crippen molar-refractivity contribution in [2.24, 2.45) is 0 Å². The summed E-state index contributed by atoms with van der Waals surface area (Å²) in [6.07, 6.45) is 2.22. The molecule has 0 aromatic heterocycles. The zero-order chi connectivity index (χ0) is 11.1. The van der Waals surface area contributed by atoms with E-state index in [0.29, 0.717) is 0 Å². The van der Waals surface area contributed by atoms with Crippen LogP contribution in [0.5, 0.6) is 0 Å². The molecule has 0 N–H and O–H groups in total. The summed E-state index contributed by atoms with van der Waals surface area (Å²) in [6, 6.07) is 0. The van der Waals surface area contributed by atoms with Gasteiger partial charge in [-0.15, -0.1) is 5.92 Å². The molecule has 0 amide bonds. The highest BCUT2D eigenvalue weighted by atomic mass is 15.0. The second-order valence-corrected chi connectivity index (χ2v) is 2.65. The Morgan fingerprint density at radius 3 is 1.54 bits per heavy atom. The van der Waals surface area contributed by atoms with Crippen LogP contribution in [0.15, 0.2) is 0 Å². The van der Waals surface area contributed by atoms with E-state index in [4.69, 9.17) is 0 Å². The second-order valence-electron chi connectivity index (χ2n) is 2.65. The fourth-order valence-corrected chi connectivity index (χ4v) is 0.339. The van der Waals surface area contributed by atoms with E-state index in [1.165, 1.54) is 6.42 Å². The van der Waals surface area contributed by atoms with E-state index < -0.39 is 0 Å². The van der Waals surface area contributed by atoms with Crippen LogP contribution in [0.3, 0.4) is 0 Å². The molecular formula is C12H27N. The normalized spacial score (nSPS) is 7.08. The van der Waals surface area contributed by atoms with Crippen LogP contribution in [-0.4, -0.2) is 25.5 Å². The molecule has 0 aliphatic carbocycles. The van der Waals surface area contributed by atoms with Gasteiger partial charge in [-0.25, -0.2) is 0 Å². The Labute approximate surface area is 85.5 Å². The lowest BCUT2D eigenvalue weighted by atomic mass is 10.4.